The number of carbonyl (C=O) groups is 3. The first-order chi connectivity index (χ1) is 18.1. The van der Waals surface area contributed by atoms with Crippen molar-refractivity contribution in [3.63, 3.8) is 0 Å². The summed E-state index contributed by atoms with van der Waals surface area (Å²) in [5, 5.41) is 2.91. The third-order valence-corrected chi connectivity index (χ3v) is 5.86. The molecule has 0 radical (unpaired) electrons. The predicted molar refractivity (Wildman–Crippen MR) is 138 cm³/mol. The lowest BCUT2D eigenvalue weighted by Gasteiger charge is -2.25. The van der Waals surface area contributed by atoms with Crippen LogP contribution in [0.25, 0.3) is 11.1 Å². The fourth-order valence-electron chi connectivity index (χ4n) is 3.70. The molecular weight excluding hydrogens is 499 g/mol. The number of hydrogen-bond acceptors (Lipinski definition) is 5. The van der Waals surface area contributed by atoms with E-state index in [0.717, 1.165) is 12.1 Å². The average molecular weight is 528 g/mol. The van der Waals surface area contributed by atoms with Crippen molar-refractivity contribution in [1.82, 2.24) is 9.80 Å². The summed E-state index contributed by atoms with van der Waals surface area (Å²) in [7, 11) is 3.17. The molecule has 0 atom stereocenters. The molecule has 7 nitrogen and oxygen atoms in total. The molecule has 0 saturated carbocycles. The highest BCUT2D eigenvalue weighted by Gasteiger charge is 2.30. The molecular formula is C28H28F3N3O4. The number of nitrogens with one attached hydrogen (secondary N) is 1. The third-order valence-electron chi connectivity index (χ3n) is 5.86. The molecule has 0 bridgehead atoms. The van der Waals surface area contributed by atoms with Gasteiger partial charge in [0, 0.05) is 32.9 Å². The van der Waals surface area contributed by atoms with Crippen LogP contribution in [0.5, 0.6) is 5.75 Å². The van der Waals surface area contributed by atoms with Crippen molar-refractivity contribution < 1.29 is 32.3 Å². The number of ether oxygens (including phenoxy) is 1. The Hall–Kier alpha value is -4.34. The van der Waals surface area contributed by atoms with Crippen LogP contribution in [-0.4, -0.2) is 68.2 Å². The Morgan fingerprint density at radius 1 is 0.947 bits per heavy atom. The summed E-state index contributed by atoms with van der Waals surface area (Å²) in [6.07, 6.45) is -3.93. The van der Waals surface area contributed by atoms with Crippen molar-refractivity contribution in [3.8, 4) is 16.9 Å². The summed E-state index contributed by atoms with van der Waals surface area (Å²) in [4.78, 5) is 39.9. The highest BCUT2D eigenvalue weighted by molar-refractivity contribution is 6.01. The summed E-state index contributed by atoms with van der Waals surface area (Å²) in [6, 6.07) is 18.4. The van der Waals surface area contributed by atoms with Crippen LogP contribution in [0.4, 0.5) is 18.9 Å². The standard InChI is InChI=1S/C28H28F3N3O4/c1-32-25-12-11-21(20-7-6-8-22(17-20)28(29,30)31)18-24(25)27(37)34(15-16-35)14-13-33(2)26(36)19-38-23-9-4-3-5-10-23/h3-12,16-18,32H,13-15,19H2,1-2H3. The quantitative estimate of drug-likeness (QED) is 0.369. The summed E-state index contributed by atoms with van der Waals surface area (Å²) >= 11 is 0. The lowest BCUT2D eigenvalue weighted by molar-refractivity contribution is -0.137. The number of benzene rings is 3. The van der Waals surface area contributed by atoms with E-state index < -0.39 is 17.6 Å². The van der Waals surface area contributed by atoms with Gasteiger partial charge in [-0.3, -0.25) is 9.59 Å². The smallest absolute Gasteiger partial charge is 0.416 e. The highest BCUT2D eigenvalue weighted by atomic mass is 19.4. The summed E-state index contributed by atoms with van der Waals surface area (Å²) < 4.78 is 45.1. The average Bonchev–Trinajstić information content (AvgIpc) is 2.93. The van der Waals surface area contributed by atoms with Crippen LogP contribution in [0.2, 0.25) is 0 Å². The zero-order valence-electron chi connectivity index (χ0n) is 21.0. The third kappa shape index (κ3) is 7.34. The zero-order chi connectivity index (χ0) is 27.7. The van der Waals surface area contributed by atoms with Crippen LogP contribution < -0.4 is 10.1 Å². The van der Waals surface area contributed by atoms with Crippen LogP contribution in [0.15, 0.2) is 72.8 Å². The molecule has 3 rings (SSSR count). The molecule has 0 heterocycles. The Labute approximate surface area is 218 Å². The number of likely N-dealkylation sites (N-methyl/N-ethyl adjacent to an activating group) is 1. The molecule has 0 aromatic heterocycles. The molecule has 0 aliphatic heterocycles. The van der Waals surface area contributed by atoms with E-state index in [4.69, 9.17) is 4.74 Å². The lowest BCUT2D eigenvalue weighted by Crippen LogP contribution is -2.41. The fourth-order valence-corrected chi connectivity index (χ4v) is 3.70. The molecule has 10 heteroatoms. The number of alkyl halides is 3. The van der Waals surface area contributed by atoms with E-state index in [0.29, 0.717) is 28.8 Å². The molecule has 0 saturated heterocycles. The normalized spacial score (nSPS) is 11.0. The van der Waals surface area contributed by atoms with Gasteiger partial charge in [-0.1, -0.05) is 36.4 Å². The zero-order valence-corrected chi connectivity index (χ0v) is 21.0. The molecule has 2 amide bonds. The van der Waals surface area contributed by atoms with Crippen LogP contribution >= 0.6 is 0 Å². The number of anilines is 1. The van der Waals surface area contributed by atoms with Gasteiger partial charge in [0.15, 0.2) is 6.61 Å². The first-order valence-electron chi connectivity index (χ1n) is 11.8. The van der Waals surface area contributed by atoms with Gasteiger partial charge in [-0.05, 0) is 47.5 Å². The number of para-hydroxylation sites is 1. The second kappa shape index (κ2) is 12.8. The Kier molecular flexibility index (Phi) is 9.48. The van der Waals surface area contributed by atoms with Crippen molar-refractivity contribution in [2.45, 2.75) is 6.18 Å². The van der Waals surface area contributed by atoms with E-state index in [1.165, 1.54) is 28.0 Å². The first-order valence-corrected chi connectivity index (χ1v) is 11.8. The Morgan fingerprint density at radius 2 is 1.66 bits per heavy atom. The monoisotopic (exact) mass is 527 g/mol. The maximum Gasteiger partial charge on any atom is 0.416 e. The lowest BCUT2D eigenvalue weighted by atomic mass is 9.99. The minimum Gasteiger partial charge on any atom is -0.484 e. The number of halogens is 3. The van der Waals surface area contributed by atoms with Gasteiger partial charge >= 0.3 is 6.18 Å². The van der Waals surface area contributed by atoms with E-state index in [-0.39, 0.29) is 37.7 Å². The Bertz CT molecular complexity index is 1270. The number of aldehydes is 1. The van der Waals surface area contributed by atoms with Crippen LogP contribution in [-0.2, 0) is 15.8 Å². The minimum absolute atomic E-state index is 0.0576. The van der Waals surface area contributed by atoms with Gasteiger partial charge < -0.3 is 24.6 Å². The maximum atomic E-state index is 13.4. The van der Waals surface area contributed by atoms with Gasteiger partial charge in [0.2, 0.25) is 0 Å². The van der Waals surface area contributed by atoms with Gasteiger partial charge in [0.05, 0.1) is 17.7 Å². The van der Waals surface area contributed by atoms with Gasteiger partial charge in [0.1, 0.15) is 12.0 Å². The van der Waals surface area contributed by atoms with Crippen molar-refractivity contribution in [1.29, 1.82) is 0 Å². The molecule has 0 fully saturated rings. The molecule has 0 spiro atoms. The van der Waals surface area contributed by atoms with E-state index >= 15 is 0 Å². The fraction of sp³-hybridized carbons (Fsp3) is 0.250. The molecule has 1 N–H and O–H groups in total. The van der Waals surface area contributed by atoms with Crippen LogP contribution in [0.3, 0.4) is 0 Å². The number of rotatable bonds is 11. The Morgan fingerprint density at radius 3 is 2.32 bits per heavy atom. The number of amides is 2. The van der Waals surface area contributed by atoms with Crippen molar-refractivity contribution in [3.05, 3.63) is 83.9 Å². The van der Waals surface area contributed by atoms with Crippen LogP contribution in [0, 0.1) is 0 Å². The van der Waals surface area contributed by atoms with E-state index in [9.17, 15) is 27.6 Å². The van der Waals surface area contributed by atoms with Gasteiger partial charge in [-0.15, -0.1) is 0 Å². The van der Waals surface area contributed by atoms with E-state index in [1.54, 1.807) is 50.5 Å². The molecule has 3 aromatic carbocycles. The van der Waals surface area contributed by atoms with Gasteiger partial charge in [0.25, 0.3) is 11.8 Å². The number of nitrogens with zero attached hydrogens (tertiary/aromatic N) is 2. The van der Waals surface area contributed by atoms with Crippen molar-refractivity contribution in [2.75, 3.05) is 45.7 Å². The molecule has 38 heavy (non-hydrogen) atoms. The molecule has 0 aliphatic rings. The van der Waals surface area contributed by atoms with Gasteiger partial charge in [-0.2, -0.15) is 13.2 Å². The largest absolute Gasteiger partial charge is 0.484 e. The predicted octanol–water partition coefficient (Wildman–Crippen LogP) is 4.59. The molecule has 0 aliphatic carbocycles. The topological polar surface area (TPSA) is 79.0 Å². The number of carbonyl (C=O) groups excluding carboxylic acids is 3. The summed E-state index contributed by atoms with van der Waals surface area (Å²) in [5.74, 6) is -0.265. The Balaban J connectivity index is 1.75. The van der Waals surface area contributed by atoms with Crippen molar-refractivity contribution in [2.24, 2.45) is 0 Å². The SMILES string of the molecule is CNc1ccc(-c2cccc(C(F)(F)F)c2)cc1C(=O)N(CC=O)CCN(C)C(=O)COc1ccccc1. The van der Waals surface area contributed by atoms with E-state index in [2.05, 4.69) is 5.32 Å². The maximum absolute atomic E-state index is 13.4. The number of hydrogen-bond donors (Lipinski definition) is 1. The van der Waals surface area contributed by atoms with Gasteiger partial charge in [-0.25, -0.2) is 0 Å². The summed E-state index contributed by atoms with van der Waals surface area (Å²) in [6.45, 7) is -0.218. The van der Waals surface area contributed by atoms with E-state index in [1.807, 2.05) is 6.07 Å². The summed E-state index contributed by atoms with van der Waals surface area (Å²) in [5.41, 5.74) is 0.539. The first kappa shape index (κ1) is 28.2. The minimum atomic E-state index is -4.50. The molecule has 3 aromatic rings. The molecule has 0 unspecified atom stereocenters. The second-order valence-corrected chi connectivity index (χ2v) is 8.42. The molecule has 200 valence electrons. The second-order valence-electron chi connectivity index (χ2n) is 8.42. The van der Waals surface area contributed by atoms with Crippen molar-refractivity contribution >= 4 is 23.8 Å². The highest BCUT2D eigenvalue weighted by Crippen LogP contribution is 2.33. The van der Waals surface area contributed by atoms with Crippen LogP contribution in [0.1, 0.15) is 15.9 Å².